The maximum atomic E-state index is 10.7. The van der Waals surface area contributed by atoms with Gasteiger partial charge in [0, 0.05) is 6.08 Å². The predicted molar refractivity (Wildman–Crippen MR) is 58.8 cm³/mol. The second kappa shape index (κ2) is 4.44. The van der Waals surface area contributed by atoms with E-state index >= 15 is 0 Å². The van der Waals surface area contributed by atoms with Crippen LogP contribution in [0.3, 0.4) is 0 Å². The number of rotatable bonds is 3. The molecule has 0 aliphatic rings. The molecule has 1 N–H and O–H groups in total. The first-order valence-electron chi connectivity index (χ1n) is 4.66. The molecular weight excluding hydrogens is 206 g/mol. The number of carboxylic acids is 1. The van der Waals surface area contributed by atoms with Crippen LogP contribution in [-0.4, -0.2) is 16.1 Å². The molecule has 0 radical (unpaired) electrons. The summed E-state index contributed by atoms with van der Waals surface area (Å²) in [6.07, 6.45) is 6.46. The summed E-state index contributed by atoms with van der Waals surface area (Å²) in [5.74, 6) is -0.452. The molecule has 0 fully saturated rings. The van der Waals surface area contributed by atoms with Crippen molar-refractivity contribution in [2.45, 2.75) is 0 Å². The molecular formula is C12H9NO3. The minimum Gasteiger partial charge on any atom is -0.478 e. The molecule has 0 atom stereocenters. The Morgan fingerprint density at radius 3 is 2.94 bits per heavy atom. The van der Waals surface area contributed by atoms with Gasteiger partial charge in [-0.25, -0.2) is 9.78 Å². The normalized spacial score (nSPS) is 10.8. The van der Waals surface area contributed by atoms with Crippen molar-refractivity contribution in [3.8, 4) is 0 Å². The number of nitrogens with zero attached hydrogens (tertiary/aromatic N) is 1. The second-order valence-electron chi connectivity index (χ2n) is 3.13. The van der Waals surface area contributed by atoms with Crippen molar-refractivity contribution in [3.63, 3.8) is 0 Å². The van der Waals surface area contributed by atoms with Gasteiger partial charge in [-0.2, -0.15) is 0 Å². The average molecular weight is 215 g/mol. The lowest BCUT2D eigenvalue weighted by Gasteiger charge is -1.95. The van der Waals surface area contributed by atoms with Gasteiger partial charge in [-0.05, 0) is 23.8 Å². The number of hydrogen-bond donors (Lipinski definition) is 1. The Balaban J connectivity index is 2.22. The Bertz CT molecular complexity index is 515. The van der Waals surface area contributed by atoms with Crippen LogP contribution in [0.15, 0.2) is 41.1 Å². The highest BCUT2D eigenvalue weighted by Crippen LogP contribution is 2.09. The molecule has 1 aromatic heterocycles. The standard InChI is InChI=1S/C12H9NO3/c14-12(15)10-3-1-2-9(8-10)4-5-11-13-6-7-16-11/h1-8H,(H,14,15)/b5-4+. The fourth-order valence-electron chi connectivity index (χ4n) is 1.26. The lowest BCUT2D eigenvalue weighted by Crippen LogP contribution is -1.95. The first-order valence-corrected chi connectivity index (χ1v) is 4.66. The van der Waals surface area contributed by atoms with Crippen LogP contribution >= 0.6 is 0 Å². The molecule has 2 aromatic rings. The van der Waals surface area contributed by atoms with E-state index < -0.39 is 5.97 Å². The molecule has 0 aliphatic heterocycles. The summed E-state index contributed by atoms with van der Waals surface area (Å²) < 4.78 is 5.02. The molecule has 16 heavy (non-hydrogen) atoms. The molecule has 0 saturated carbocycles. The van der Waals surface area contributed by atoms with Gasteiger partial charge < -0.3 is 9.52 Å². The monoisotopic (exact) mass is 215 g/mol. The smallest absolute Gasteiger partial charge is 0.335 e. The first kappa shape index (κ1) is 10.2. The van der Waals surface area contributed by atoms with E-state index in [-0.39, 0.29) is 5.56 Å². The van der Waals surface area contributed by atoms with E-state index in [0.717, 1.165) is 5.56 Å². The predicted octanol–water partition coefficient (Wildman–Crippen LogP) is 2.54. The van der Waals surface area contributed by atoms with E-state index in [1.165, 1.54) is 6.26 Å². The lowest BCUT2D eigenvalue weighted by molar-refractivity contribution is 0.0697. The maximum Gasteiger partial charge on any atom is 0.335 e. The van der Waals surface area contributed by atoms with Gasteiger partial charge in [0.2, 0.25) is 5.89 Å². The quantitative estimate of drug-likeness (QED) is 0.854. The molecule has 4 nitrogen and oxygen atoms in total. The fourth-order valence-corrected chi connectivity index (χ4v) is 1.26. The minimum absolute atomic E-state index is 0.259. The number of hydrogen-bond acceptors (Lipinski definition) is 3. The number of aromatic carboxylic acids is 1. The van der Waals surface area contributed by atoms with Gasteiger partial charge in [0.1, 0.15) is 6.26 Å². The molecule has 1 heterocycles. The van der Waals surface area contributed by atoms with Crippen LogP contribution in [0.1, 0.15) is 21.8 Å². The summed E-state index contributed by atoms with van der Waals surface area (Å²) in [7, 11) is 0. The van der Waals surface area contributed by atoms with Gasteiger partial charge in [-0.15, -0.1) is 0 Å². The van der Waals surface area contributed by atoms with Gasteiger partial charge in [-0.3, -0.25) is 0 Å². The third-order valence-electron chi connectivity index (χ3n) is 2.00. The zero-order chi connectivity index (χ0) is 11.4. The lowest BCUT2D eigenvalue weighted by atomic mass is 10.1. The van der Waals surface area contributed by atoms with Gasteiger partial charge in [0.05, 0.1) is 11.8 Å². The Morgan fingerprint density at radius 1 is 1.38 bits per heavy atom. The summed E-state index contributed by atoms with van der Waals surface area (Å²) in [4.78, 5) is 14.7. The zero-order valence-corrected chi connectivity index (χ0v) is 8.33. The summed E-state index contributed by atoms with van der Waals surface area (Å²) in [6.45, 7) is 0. The molecule has 0 spiro atoms. The van der Waals surface area contributed by atoms with Gasteiger partial charge in [0.15, 0.2) is 0 Å². The number of aromatic nitrogens is 1. The van der Waals surface area contributed by atoms with E-state index in [9.17, 15) is 4.79 Å². The topological polar surface area (TPSA) is 63.3 Å². The molecule has 0 amide bonds. The van der Waals surface area contributed by atoms with E-state index in [2.05, 4.69) is 4.98 Å². The van der Waals surface area contributed by atoms with Crippen molar-refractivity contribution in [2.75, 3.05) is 0 Å². The van der Waals surface area contributed by atoms with Crippen molar-refractivity contribution < 1.29 is 14.3 Å². The minimum atomic E-state index is -0.939. The Hall–Kier alpha value is -2.36. The summed E-state index contributed by atoms with van der Waals surface area (Å²) in [5, 5.41) is 8.81. The average Bonchev–Trinajstić information content (AvgIpc) is 2.79. The molecule has 2 rings (SSSR count). The van der Waals surface area contributed by atoms with Crippen molar-refractivity contribution >= 4 is 18.1 Å². The van der Waals surface area contributed by atoms with E-state index in [0.29, 0.717) is 5.89 Å². The SMILES string of the molecule is O=C(O)c1cccc(/C=C/c2ncco2)c1. The molecule has 80 valence electrons. The van der Waals surface area contributed by atoms with Gasteiger partial charge in [0.25, 0.3) is 0 Å². The summed E-state index contributed by atoms with van der Waals surface area (Å²) in [6, 6.07) is 6.64. The van der Waals surface area contributed by atoms with Crippen LogP contribution in [-0.2, 0) is 0 Å². The molecule has 0 unspecified atom stereocenters. The molecule has 0 saturated heterocycles. The van der Waals surface area contributed by atoms with Crippen LogP contribution in [0.25, 0.3) is 12.2 Å². The van der Waals surface area contributed by atoms with Crippen molar-refractivity contribution in [3.05, 3.63) is 53.7 Å². The molecule has 0 aliphatic carbocycles. The third kappa shape index (κ3) is 2.36. The summed E-state index contributed by atoms with van der Waals surface area (Å²) >= 11 is 0. The van der Waals surface area contributed by atoms with Crippen LogP contribution in [0, 0.1) is 0 Å². The zero-order valence-electron chi connectivity index (χ0n) is 8.33. The van der Waals surface area contributed by atoms with Crippen molar-refractivity contribution in [2.24, 2.45) is 0 Å². The van der Waals surface area contributed by atoms with E-state index in [1.807, 2.05) is 6.07 Å². The van der Waals surface area contributed by atoms with Crippen LogP contribution < -0.4 is 0 Å². The van der Waals surface area contributed by atoms with E-state index in [1.54, 1.807) is 36.5 Å². The highest BCUT2D eigenvalue weighted by Gasteiger charge is 2.01. The number of benzene rings is 1. The Kier molecular flexibility index (Phi) is 2.82. The number of carboxylic acid groups (broad SMARTS) is 1. The van der Waals surface area contributed by atoms with Crippen LogP contribution in [0.5, 0.6) is 0 Å². The number of carbonyl (C=O) groups is 1. The number of oxazole rings is 1. The molecule has 4 heteroatoms. The largest absolute Gasteiger partial charge is 0.478 e. The van der Waals surface area contributed by atoms with Crippen molar-refractivity contribution in [1.29, 1.82) is 0 Å². The molecule has 1 aromatic carbocycles. The Morgan fingerprint density at radius 2 is 2.25 bits per heavy atom. The molecule has 0 bridgehead atoms. The van der Waals surface area contributed by atoms with Gasteiger partial charge in [-0.1, -0.05) is 12.1 Å². The third-order valence-corrected chi connectivity index (χ3v) is 2.00. The van der Waals surface area contributed by atoms with Crippen LogP contribution in [0.2, 0.25) is 0 Å². The van der Waals surface area contributed by atoms with Gasteiger partial charge >= 0.3 is 5.97 Å². The van der Waals surface area contributed by atoms with Crippen LogP contribution in [0.4, 0.5) is 0 Å². The van der Waals surface area contributed by atoms with E-state index in [4.69, 9.17) is 9.52 Å². The van der Waals surface area contributed by atoms with Crippen molar-refractivity contribution in [1.82, 2.24) is 4.98 Å². The second-order valence-corrected chi connectivity index (χ2v) is 3.13. The highest BCUT2D eigenvalue weighted by molar-refractivity contribution is 5.88. The summed E-state index contributed by atoms with van der Waals surface area (Å²) in [5.41, 5.74) is 1.05. The first-order chi connectivity index (χ1) is 7.75. The maximum absolute atomic E-state index is 10.7. The Labute approximate surface area is 91.9 Å². The fraction of sp³-hybridized carbons (Fsp3) is 0. The highest BCUT2D eigenvalue weighted by atomic mass is 16.4.